The van der Waals surface area contributed by atoms with Crippen LogP contribution in [0.15, 0.2) is 48.5 Å². The molecule has 0 saturated carbocycles. The highest BCUT2D eigenvalue weighted by atomic mass is 16.5. The van der Waals surface area contributed by atoms with Gasteiger partial charge >= 0.3 is 5.97 Å². The Kier molecular flexibility index (Phi) is 5.20. The van der Waals surface area contributed by atoms with Gasteiger partial charge in [0.25, 0.3) is 0 Å². The van der Waals surface area contributed by atoms with E-state index in [1.807, 2.05) is 31.2 Å². The minimum atomic E-state index is -0.988. The monoisotopic (exact) mass is 298 g/mol. The molecule has 0 saturated heterocycles. The second-order valence-electron chi connectivity index (χ2n) is 4.86. The fourth-order valence-electron chi connectivity index (χ4n) is 1.92. The largest absolute Gasteiger partial charge is 0.493 e. The smallest absolute Gasteiger partial charge is 0.328 e. The van der Waals surface area contributed by atoms with Crippen LogP contribution >= 0.6 is 0 Å². The summed E-state index contributed by atoms with van der Waals surface area (Å²) in [5.41, 5.74) is 2.99. The Morgan fingerprint density at radius 2 is 1.86 bits per heavy atom. The van der Waals surface area contributed by atoms with E-state index in [2.05, 4.69) is 0 Å². The van der Waals surface area contributed by atoms with Crippen molar-refractivity contribution in [3.05, 3.63) is 65.2 Å². The van der Waals surface area contributed by atoms with Crippen LogP contribution < -0.4 is 9.47 Å². The molecule has 0 fully saturated rings. The zero-order valence-electron chi connectivity index (χ0n) is 12.6. The third-order valence-electron chi connectivity index (χ3n) is 3.12. The van der Waals surface area contributed by atoms with E-state index in [9.17, 15) is 4.79 Å². The van der Waals surface area contributed by atoms with E-state index in [4.69, 9.17) is 14.6 Å². The number of ether oxygens (including phenoxy) is 2. The van der Waals surface area contributed by atoms with Gasteiger partial charge in [-0.2, -0.15) is 0 Å². The average molecular weight is 298 g/mol. The lowest BCUT2D eigenvalue weighted by Crippen LogP contribution is -1.98. The minimum absolute atomic E-state index is 0.419. The van der Waals surface area contributed by atoms with Gasteiger partial charge in [-0.1, -0.05) is 35.9 Å². The van der Waals surface area contributed by atoms with Crippen LogP contribution in [0.4, 0.5) is 0 Å². The average Bonchev–Trinajstić information content (AvgIpc) is 2.52. The summed E-state index contributed by atoms with van der Waals surface area (Å²) in [4.78, 5) is 10.6. The molecule has 0 bridgehead atoms. The van der Waals surface area contributed by atoms with Gasteiger partial charge in [-0.15, -0.1) is 0 Å². The quantitative estimate of drug-likeness (QED) is 0.827. The molecule has 0 aliphatic heterocycles. The van der Waals surface area contributed by atoms with Gasteiger partial charge in [-0.05, 0) is 36.3 Å². The van der Waals surface area contributed by atoms with E-state index in [0.29, 0.717) is 18.1 Å². The lowest BCUT2D eigenvalue weighted by molar-refractivity contribution is -0.131. The lowest BCUT2D eigenvalue weighted by Gasteiger charge is -2.11. The number of benzene rings is 2. The van der Waals surface area contributed by atoms with Crippen LogP contribution in [0.3, 0.4) is 0 Å². The van der Waals surface area contributed by atoms with Crippen molar-refractivity contribution in [1.29, 1.82) is 0 Å². The van der Waals surface area contributed by atoms with E-state index >= 15 is 0 Å². The summed E-state index contributed by atoms with van der Waals surface area (Å²) in [6.07, 6.45) is 2.60. The molecule has 0 unspecified atom stereocenters. The number of aliphatic carboxylic acids is 1. The maximum Gasteiger partial charge on any atom is 0.328 e. The van der Waals surface area contributed by atoms with Gasteiger partial charge < -0.3 is 14.6 Å². The number of rotatable bonds is 6. The summed E-state index contributed by atoms with van der Waals surface area (Å²) in [6.45, 7) is 2.45. The second-order valence-corrected chi connectivity index (χ2v) is 4.86. The van der Waals surface area contributed by atoms with Crippen molar-refractivity contribution in [2.75, 3.05) is 7.11 Å². The first kappa shape index (κ1) is 15.6. The molecule has 0 aliphatic rings. The predicted octanol–water partition coefficient (Wildman–Crippen LogP) is 3.68. The maximum absolute atomic E-state index is 10.6. The Morgan fingerprint density at radius 3 is 2.50 bits per heavy atom. The molecule has 0 amide bonds. The molecule has 114 valence electrons. The fraction of sp³-hybridized carbons (Fsp3) is 0.167. The number of carboxylic acids is 1. The van der Waals surface area contributed by atoms with E-state index in [0.717, 1.165) is 17.2 Å². The van der Waals surface area contributed by atoms with Crippen LogP contribution in [-0.4, -0.2) is 18.2 Å². The van der Waals surface area contributed by atoms with Gasteiger partial charge in [0.15, 0.2) is 11.5 Å². The highest BCUT2D eigenvalue weighted by molar-refractivity contribution is 5.85. The Hall–Kier alpha value is -2.75. The number of carbonyl (C=O) groups is 1. The molecular weight excluding hydrogens is 280 g/mol. The molecule has 2 aromatic rings. The normalized spacial score (nSPS) is 10.6. The molecule has 22 heavy (non-hydrogen) atoms. The summed E-state index contributed by atoms with van der Waals surface area (Å²) >= 11 is 0. The van der Waals surface area contributed by atoms with Crippen LogP contribution in [0.2, 0.25) is 0 Å². The number of aryl methyl sites for hydroxylation is 1. The highest BCUT2D eigenvalue weighted by Crippen LogP contribution is 2.29. The predicted molar refractivity (Wildman–Crippen MR) is 85.2 cm³/mol. The van der Waals surface area contributed by atoms with Crippen molar-refractivity contribution in [2.45, 2.75) is 13.5 Å². The van der Waals surface area contributed by atoms with E-state index < -0.39 is 5.97 Å². The van der Waals surface area contributed by atoms with Crippen molar-refractivity contribution in [1.82, 2.24) is 0 Å². The van der Waals surface area contributed by atoms with Crippen molar-refractivity contribution in [3.8, 4) is 11.5 Å². The summed E-state index contributed by atoms with van der Waals surface area (Å²) in [5, 5.41) is 8.68. The molecule has 0 atom stereocenters. The second kappa shape index (κ2) is 7.31. The fourth-order valence-corrected chi connectivity index (χ4v) is 1.92. The number of hydrogen-bond donors (Lipinski definition) is 1. The molecule has 4 heteroatoms. The number of carboxylic acid groups (broad SMARTS) is 1. The maximum atomic E-state index is 10.6. The van der Waals surface area contributed by atoms with Gasteiger partial charge in [0, 0.05) is 6.08 Å². The Balaban J connectivity index is 2.15. The van der Waals surface area contributed by atoms with Gasteiger partial charge in [0.1, 0.15) is 6.61 Å². The first-order valence-electron chi connectivity index (χ1n) is 6.86. The van der Waals surface area contributed by atoms with Gasteiger partial charge in [-0.25, -0.2) is 4.79 Å². The Bertz CT molecular complexity index is 672. The Labute approximate surface area is 129 Å². The summed E-state index contributed by atoms with van der Waals surface area (Å²) in [7, 11) is 1.57. The zero-order chi connectivity index (χ0) is 15.9. The Morgan fingerprint density at radius 1 is 1.14 bits per heavy atom. The summed E-state index contributed by atoms with van der Waals surface area (Å²) < 4.78 is 11.1. The number of methoxy groups -OCH3 is 1. The van der Waals surface area contributed by atoms with Crippen LogP contribution in [0.25, 0.3) is 6.08 Å². The van der Waals surface area contributed by atoms with Crippen molar-refractivity contribution in [2.24, 2.45) is 0 Å². The molecule has 0 radical (unpaired) electrons. The first-order chi connectivity index (χ1) is 10.6. The van der Waals surface area contributed by atoms with Crippen molar-refractivity contribution < 1.29 is 19.4 Å². The molecule has 4 nitrogen and oxygen atoms in total. The lowest BCUT2D eigenvalue weighted by atomic mass is 10.1. The molecule has 0 aromatic heterocycles. The minimum Gasteiger partial charge on any atom is -0.493 e. The highest BCUT2D eigenvalue weighted by Gasteiger charge is 2.05. The van der Waals surface area contributed by atoms with E-state index in [1.165, 1.54) is 11.6 Å². The molecule has 2 aromatic carbocycles. The third-order valence-corrected chi connectivity index (χ3v) is 3.12. The molecular formula is C18H18O4. The van der Waals surface area contributed by atoms with Gasteiger partial charge in [-0.3, -0.25) is 0 Å². The van der Waals surface area contributed by atoms with Crippen LogP contribution in [0, 0.1) is 6.92 Å². The topological polar surface area (TPSA) is 55.8 Å². The van der Waals surface area contributed by atoms with Gasteiger partial charge in [0.05, 0.1) is 7.11 Å². The third kappa shape index (κ3) is 4.38. The van der Waals surface area contributed by atoms with E-state index in [-0.39, 0.29) is 0 Å². The van der Waals surface area contributed by atoms with E-state index in [1.54, 1.807) is 25.3 Å². The molecule has 2 rings (SSSR count). The molecule has 0 aliphatic carbocycles. The van der Waals surface area contributed by atoms with Crippen LogP contribution in [0.1, 0.15) is 16.7 Å². The number of hydrogen-bond acceptors (Lipinski definition) is 3. The van der Waals surface area contributed by atoms with Crippen LogP contribution in [-0.2, 0) is 11.4 Å². The molecule has 0 spiro atoms. The van der Waals surface area contributed by atoms with Crippen molar-refractivity contribution >= 4 is 12.0 Å². The first-order valence-corrected chi connectivity index (χ1v) is 6.86. The molecule has 1 N–H and O–H groups in total. The van der Waals surface area contributed by atoms with Crippen LogP contribution in [0.5, 0.6) is 11.5 Å². The van der Waals surface area contributed by atoms with Crippen molar-refractivity contribution in [3.63, 3.8) is 0 Å². The SMILES string of the molecule is COc1ccc(/C=C/C(=O)O)cc1OCc1ccc(C)cc1. The summed E-state index contributed by atoms with van der Waals surface area (Å²) in [5.74, 6) is 0.202. The summed E-state index contributed by atoms with van der Waals surface area (Å²) in [6, 6.07) is 13.4. The standard InChI is InChI=1S/C18H18O4/c1-13-3-5-15(6-4-13)12-22-17-11-14(8-10-18(19)20)7-9-16(17)21-2/h3-11H,12H2,1-2H3,(H,19,20)/b10-8+. The zero-order valence-corrected chi connectivity index (χ0v) is 12.6. The molecule has 0 heterocycles. The van der Waals surface area contributed by atoms with Gasteiger partial charge in [0.2, 0.25) is 0 Å².